The van der Waals surface area contributed by atoms with Crippen LogP contribution in [0.2, 0.25) is 5.02 Å². The molecule has 0 saturated heterocycles. The van der Waals surface area contributed by atoms with Gasteiger partial charge in [-0.05, 0) is 31.4 Å². The lowest BCUT2D eigenvalue weighted by Gasteiger charge is -2.35. The molecule has 19 heavy (non-hydrogen) atoms. The summed E-state index contributed by atoms with van der Waals surface area (Å²) >= 11 is 6.03. The Bertz CT molecular complexity index is 461. The molecule has 0 aliphatic heterocycles. The van der Waals surface area contributed by atoms with Gasteiger partial charge in [-0.15, -0.1) is 0 Å². The van der Waals surface area contributed by atoms with Crippen LogP contribution in [0.3, 0.4) is 0 Å². The van der Waals surface area contributed by atoms with Crippen molar-refractivity contribution < 1.29 is 9.66 Å². The molecule has 5 nitrogen and oxygen atoms in total. The van der Waals surface area contributed by atoms with Crippen LogP contribution in [0.4, 0.5) is 5.69 Å². The van der Waals surface area contributed by atoms with E-state index in [0.29, 0.717) is 23.7 Å². The van der Waals surface area contributed by atoms with E-state index in [1.807, 2.05) is 6.92 Å². The number of nitrogens with zero attached hydrogens (tertiary/aromatic N) is 1. The van der Waals surface area contributed by atoms with Crippen LogP contribution in [0.5, 0.6) is 0 Å². The summed E-state index contributed by atoms with van der Waals surface area (Å²) in [4.78, 5) is 10.2. The molecule has 0 unspecified atom stereocenters. The minimum Gasteiger partial charge on any atom is -0.378 e. The van der Waals surface area contributed by atoms with E-state index >= 15 is 0 Å². The van der Waals surface area contributed by atoms with Crippen molar-refractivity contribution in [1.29, 1.82) is 0 Å². The van der Waals surface area contributed by atoms with E-state index < -0.39 is 4.92 Å². The third-order valence-corrected chi connectivity index (χ3v) is 3.68. The van der Waals surface area contributed by atoms with Gasteiger partial charge in [-0.25, -0.2) is 0 Å². The highest BCUT2D eigenvalue weighted by atomic mass is 35.5. The van der Waals surface area contributed by atoms with Crippen molar-refractivity contribution in [2.24, 2.45) is 0 Å². The van der Waals surface area contributed by atoms with Crippen LogP contribution < -0.4 is 5.32 Å². The second-order valence-electron chi connectivity index (χ2n) is 4.66. The zero-order valence-electron chi connectivity index (χ0n) is 10.8. The fourth-order valence-electron chi connectivity index (χ4n) is 2.15. The molecule has 0 atom stereocenters. The summed E-state index contributed by atoms with van der Waals surface area (Å²) in [5, 5.41) is 14.4. The number of ether oxygens (including phenoxy) is 1. The van der Waals surface area contributed by atoms with Crippen molar-refractivity contribution in [3.8, 4) is 0 Å². The van der Waals surface area contributed by atoms with Gasteiger partial charge >= 0.3 is 0 Å². The van der Waals surface area contributed by atoms with Crippen LogP contribution in [0, 0.1) is 10.1 Å². The summed E-state index contributed by atoms with van der Waals surface area (Å²) < 4.78 is 5.48. The lowest BCUT2D eigenvalue weighted by atomic mass is 9.89. The molecule has 1 aliphatic rings. The normalized spacial score (nSPS) is 22.0. The molecule has 1 aliphatic carbocycles. The van der Waals surface area contributed by atoms with E-state index in [9.17, 15) is 10.1 Å². The molecule has 0 aromatic heterocycles. The number of nitrogens with one attached hydrogen (secondary N) is 1. The quantitative estimate of drug-likeness (QED) is 0.644. The molecule has 1 aromatic rings. The van der Waals surface area contributed by atoms with Gasteiger partial charge in [-0.2, -0.15) is 0 Å². The Kier molecular flexibility index (Phi) is 4.74. The topological polar surface area (TPSA) is 64.4 Å². The third-order valence-electron chi connectivity index (χ3n) is 3.33. The SMILES string of the molecule is CCOC1CC(NCc2ccc([N+](=O)[O-])cc2Cl)C1. The van der Waals surface area contributed by atoms with Gasteiger partial charge < -0.3 is 10.1 Å². The molecule has 1 saturated carbocycles. The van der Waals surface area contributed by atoms with Crippen LogP contribution in [-0.4, -0.2) is 23.7 Å². The number of rotatable bonds is 6. The molecular weight excluding hydrogens is 268 g/mol. The fraction of sp³-hybridized carbons (Fsp3) is 0.538. The van der Waals surface area contributed by atoms with Crippen molar-refractivity contribution in [2.45, 2.75) is 38.5 Å². The largest absolute Gasteiger partial charge is 0.378 e. The van der Waals surface area contributed by atoms with Crippen molar-refractivity contribution >= 4 is 17.3 Å². The van der Waals surface area contributed by atoms with Gasteiger partial charge in [0.05, 0.1) is 16.0 Å². The average Bonchev–Trinajstić information content (AvgIpc) is 2.33. The molecule has 1 aromatic carbocycles. The van der Waals surface area contributed by atoms with Crippen molar-refractivity contribution in [3.63, 3.8) is 0 Å². The van der Waals surface area contributed by atoms with E-state index in [1.54, 1.807) is 6.07 Å². The summed E-state index contributed by atoms with van der Waals surface area (Å²) in [7, 11) is 0. The number of hydrogen-bond donors (Lipinski definition) is 1. The molecule has 6 heteroatoms. The minimum absolute atomic E-state index is 0.0220. The maximum absolute atomic E-state index is 10.6. The molecule has 2 rings (SSSR count). The molecule has 0 spiro atoms. The molecule has 1 fully saturated rings. The van der Waals surface area contributed by atoms with Gasteiger partial charge in [0.2, 0.25) is 0 Å². The highest BCUT2D eigenvalue weighted by Gasteiger charge is 2.28. The molecule has 1 N–H and O–H groups in total. The summed E-state index contributed by atoms with van der Waals surface area (Å²) in [6.45, 7) is 3.38. The van der Waals surface area contributed by atoms with Crippen LogP contribution in [0.15, 0.2) is 18.2 Å². The maximum atomic E-state index is 10.6. The molecular formula is C13H17ClN2O3. The first-order valence-corrected chi connectivity index (χ1v) is 6.75. The van der Waals surface area contributed by atoms with Crippen LogP contribution in [-0.2, 0) is 11.3 Å². The lowest BCUT2D eigenvalue weighted by Crippen LogP contribution is -2.45. The highest BCUT2D eigenvalue weighted by Crippen LogP contribution is 2.26. The van der Waals surface area contributed by atoms with Crippen molar-refractivity contribution in [2.75, 3.05) is 6.61 Å². The second-order valence-corrected chi connectivity index (χ2v) is 5.07. The summed E-state index contributed by atoms with van der Waals surface area (Å²) in [6.07, 6.45) is 2.39. The summed E-state index contributed by atoms with van der Waals surface area (Å²) in [5.74, 6) is 0. The van der Waals surface area contributed by atoms with Gasteiger partial charge in [0.15, 0.2) is 0 Å². The zero-order chi connectivity index (χ0) is 13.8. The van der Waals surface area contributed by atoms with E-state index in [4.69, 9.17) is 16.3 Å². The Morgan fingerprint density at radius 1 is 1.53 bits per heavy atom. The van der Waals surface area contributed by atoms with Gasteiger partial charge in [-0.3, -0.25) is 10.1 Å². The zero-order valence-corrected chi connectivity index (χ0v) is 11.5. The first-order chi connectivity index (χ1) is 9.10. The average molecular weight is 285 g/mol. The van der Waals surface area contributed by atoms with Gasteiger partial charge in [0.1, 0.15) is 0 Å². The Hall–Kier alpha value is -1.17. The first-order valence-electron chi connectivity index (χ1n) is 6.38. The Labute approximate surface area is 117 Å². The monoisotopic (exact) mass is 284 g/mol. The van der Waals surface area contributed by atoms with Crippen LogP contribution >= 0.6 is 11.6 Å². The maximum Gasteiger partial charge on any atom is 0.270 e. The molecule has 0 radical (unpaired) electrons. The van der Waals surface area contributed by atoms with Gasteiger partial charge in [0, 0.05) is 31.3 Å². The van der Waals surface area contributed by atoms with E-state index in [1.165, 1.54) is 12.1 Å². The minimum atomic E-state index is -0.443. The van der Waals surface area contributed by atoms with E-state index in [0.717, 1.165) is 25.0 Å². The standard InChI is InChI=1S/C13H17ClN2O3/c1-2-19-12-5-10(6-12)15-8-9-3-4-11(16(17)18)7-13(9)14/h3-4,7,10,12,15H,2,5-6,8H2,1H3. The fourth-order valence-corrected chi connectivity index (χ4v) is 2.39. The van der Waals surface area contributed by atoms with Crippen molar-refractivity contribution in [1.82, 2.24) is 5.32 Å². The Morgan fingerprint density at radius 2 is 2.26 bits per heavy atom. The number of benzene rings is 1. The molecule has 0 bridgehead atoms. The molecule has 104 valence electrons. The molecule has 0 amide bonds. The summed E-state index contributed by atoms with van der Waals surface area (Å²) in [6, 6.07) is 5.02. The number of nitro groups is 1. The van der Waals surface area contributed by atoms with Crippen LogP contribution in [0.25, 0.3) is 0 Å². The number of hydrogen-bond acceptors (Lipinski definition) is 4. The Balaban J connectivity index is 1.82. The number of non-ortho nitro benzene ring substituents is 1. The summed E-state index contributed by atoms with van der Waals surface area (Å²) in [5.41, 5.74) is 0.904. The van der Waals surface area contributed by atoms with Crippen LogP contribution in [0.1, 0.15) is 25.3 Å². The predicted molar refractivity (Wildman–Crippen MR) is 73.4 cm³/mol. The van der Waals surface area contributed by atoms with Gasteiger partial charge in [-0.1, -0.05) is 11.6 Å². The lowest BCUT2D eigenvalue weighted by molar-refractivity contribution is -0.384. The van der Waals surface area contributed by atoms with Gasteiger partial charge in [0.25, 0.3) is 5.69 Å². The predicted octanol–water partition coefficient (Wildman–Crippen LogP) is 2.91. The van der Waals surface area contributed by atoms with Crippen molar-refractivity contribution in [3.05, 3.63) is 38.9 Å². The van der Waals surface area contributed by atoms with E-state index in [-0.39, 0.29) is 5.69 Å². The number of halogens is 1. The Morgan fingerprint density at radius 3 is 2.84 bits per heavy atom. The number of nitro benzene ring substituents is 1. The third kappa shape index (κ3) is 3.65. The first kappa shape index (κ1) is 14.2. The van der Waals surface area contributed by atoms with E-state index in [2.05, 4.69) is 5.32 Å². The molecule has 0 heterocycles. The highest BCUT2D eigenvalue weighted by molar-refractivity contribution is 6.31. The smallest absolute Gasteiger partial charge is 0.270 e. The second kappa shape index (κ2) is 6.32.